The maximum absolute atomic E-state index is 13.4. The highest BCUT2D eigenvalue weighted by Gasteiger charge is 2.27. The van der Waals surface area contributed by atoms with Crippen LogP contribution in [0.1, 0.15) is 40.8 Å². The number of rotatable bonds is 7. The third-order valence-electron chi connectivity index (χ3n) is 5.67. The molecule has 0 saturated heterocycles. The molecule has 1 atom stereocenters. The molecule has 0 spiro atoms. The first-order chi connectivity index (χ1) is 15.1. The zero-order valence-corrected chi connectivity index (χ0v) is 20.0. The van der Waals surface area contributed by atoms with E-state index in [9.17, 15) is 13.2 Å². The number of benzene rings is 3. The molecule has 3 aromatic rings. The van der Waals surface area contributed by atoms with E-state index in [-0.39, 0.29) is 23.4 Å². The Morgan fingerprint density at radius 3 is 2.09 bits per heavy atom. The molecule has 0 aliphatic rings. The lowest BCUT2D eigenvalue weighted by atomic mass is 9.96. The summed E-state index contributed by atoms with van der Waals surface area (Å²) in [7, 11) is -3.91. The van der Waals surface area contributed by atoms with Gasteiger partial charge < -0.3 is 5.32 Å². The Morgan fingerprint density at radius 1 is 0.875 bits per heavy atom. The number of aryl methyl sites for hydroxylation is 4. The van der Waals surface area contributed by atoms with E-state index in [1.807, 2.05) is 39.8 Å². The van der Waals surface area contributed by atoms with E-state index in [4.69, 9.17) is 0 Å². The van der Waals surface area contributed by atoms with Crippen LogP contribution in [0.15, 0.2) is 71.6 Å². The molecular weight excluding hydrogens is 420 g/mol. The molecule has 5 nitrogen and oxygen atoms in total. The molecule has 3 rings (SSSR count). The topological polar surface area (TPSA) is 66.5 Å². The molecule has 0 radical (unpaired) electrons. The SMILES string of the molecule is Cc1ccc(N(CC(=O)N[C@H](C)c2cc(C)c(C)cc2C)S(=O)(=O)c2ccccc2)cc1. The number of sulfonamides is 1. The molecule has 0 unspecified atom stereocenters. The van der Waals surface area contributed by atoms with Crippen LogP contribution in [0.25, 0.3) is 0 Å². The lowest BCUT2D eigenvalue weighted by Gasteiger charge is -2.25. The Bertz CT molecular complexity index is 1200. The summed E-state index contributed by atoms with van der Waals surface area (Å²) in [4.78, 5) is 13.1. The van der Waals surface area contributed by atoms with Crippen molar-refractivity contribution >= 4 is 21.6 Å². The number of nitrogens with one attached hydrogen (secondary N) is 1. The van der Waals surface area contributed by atoms with Crippen LogP contribution in [0, 0.1) is 27.7 Å². The van der Waals surface area contributed by atoms with E-state index >= 15 is 0 Å². The van der Waals surface area contributed by atoms with Crippen LogP contribution in [0.5, 0.6) is 0 Å². The van der Waals surface area contributed by atoms with Crippen LogP contribution >= 0.6 is 0 Å². The average Bonchev–Trinajstić information content (AvgIpc) is 2.75. The number of amides is 1. The highest BCUT2D eigenvalue weighted by Crippen LogP contribution is 2.25. The highest BCUT2D eigenvalue weighted by molar-refractivity contribution is 7.92. The highest BCUT2D eigenvalue weighted by atomic mass is 32.2. The first-order valence-electron chi connectivity index (χ1n) is 10.6. The lowest BCUT2D eigenvalue weighted by Crippen LogP contribution is -2.41. The maximum Gasteiger partial charge on any atom is 0.264 e. The predicted molar refractivity (Wildman–Crippen MR) is 129 cm³/mol. The number of anilines is 1. The second-order valence-corrected chi connectivity index (χ2v) is 10.1. The molecule has 0 aliphatic carbocycles. The van der Waals surface area contributed by atoms with Gasteiger partial charge >= 0.3 is 0 Å². The summed E-state index contributed by atoms with van der Waals surface area (Å²) in [6.07, 6.45) is 0. The first-order valence-corrected chi connectivity index (χ1v) is 12.0. The summed E-state index contributed by atoms with van der Waals surface area (Å²) in [5, 5.41) is 2.97. The van der Waals surface area contributed by atoms with Gasteiger partial charge in [-0.3, -0.25) is 9.10 Å². The quantitative estimate of drug-likeness (QED) is 0.551. The van der Waals surface area contributed by atoms with Gasteiger partial charge in [-0.2, -0.15) is 0 Å². The van der Waals surface area contributed by atoms with E-state index in [2.05, 4.69) is 24.4 Å². The monoisotopic (exact) mass is 450 g/mol. The van der Waals surface area contributed by atoms with Crippen molar-refractivity contribution in [3.8, 4) is 0 Å². The molecule has 32 heavy (non-hydrogen) atoms. The summed E-state index contributed by atoms with van der Waals surface area (Å²) in [6.45, 7) is 9.65. The number of nitrogens with zero attached hydrogens (tertiary/aromatic N) is 1. The molecular formula is C26H30N2O3S. The van der Waals surface area contributed by atoms with Crippen LogP contribution in [-0.4, -0.2) is 20.9 Å². The second kappa shape index (κ2) is 9.57. The average molecular weight is 451 g/mol. The van der Waals surface area contributed by atoms with E-state index in [1.165, 1.54) is 17.7 Å². The Labute approximate surface area is 191 Å². The van der Waals surface area contributed by atoms with E-state index in [1.54, 1.807) is 30.3 Å². The molecule has 0 heterocycles. The van der Waals surface area contributed by atoms with Crippen molar-refractivity contribution in [2.24, 2.45) is 0 Å². The van der Waals surface area contributed by atoms with Gasteiger partial charge in [-0.1, -0.05) is 48.0 Å². The van der Waals surface area contributed by atoms with Gasteiger partial charge in [-0.05, 0) is 81.1 Å². The van der Waals surface area contributed by atoms with Gasteiger partial charge in [0.1, 0.15) is 6.54 Å². The third-order valence-corrected chi connectivity index (χ3v) is 7.45. The molecule has 1 amide bonds. The van der Waals surface area contributed by atoms with Gasteiger partial charge in [0.15, 0.2) is 0 Å². The Balaban J connectivity index is 1.89. The lowest BCUT2D eigenvalue weighted by molar-refractivity contribution is -0.120. The molecule has 0 bridgehead atoms. The third kappa shape index (κ3) is 5.19. The molecule has 0 aromatic heterocycles. The minimum Gasteiger partial charge on any atom is -0.348 e. The predicted octanol–water partition coefficient (Wildman–Crippen LogP) is 4.99. The van der Waals surface area contributed by atoms with Crippen molar-refractivity contribution < 1.29 is 13.2 Å². The maximum atomic E-state index is 13.4. The number of carbonyl (C=O) groups excluding carboxylic acids is 1. The number of carbonyl (C=O) groups is 1. The standard InChI is InChI=1S/C26H30N2O3S/c1-18-11-13-23(14-12-18)28(32(30,31)24-9-7-6-8-10-24)17-26(29)27-22(5)25-16-20(3)19(2)15-21(25)4/h6-16,22H,17H2,1-5H3,(H,27,29)/t22-/m1/s1. The van der Waals surface area contributed by atoms with Gasteiger partial charge in [-0.25, -0.2) is 8.42 Å². The fraction of sp³-hybridized carbons (Fsp3) is 0.269. The zero-order valence-electron chi connectivity index (χ0n) is 19.2. The fourth-order valence-electron chi connectivity index (χ4n) is 3.69. The molecule has 168 valence electrons. The Morgan fingerprint density at radius 2 is 1.47 bits per heavy atom. The molecule has 0 saturated carbocycles. The molecule has 1 N–H and O–H groups in total. The summed E-state index contributed by atoms with van der Waals surface area (Å²) in [6, 6.07) is 19.2. The molecule has 6 heteroatoms. The largest absolute Gasteiger partial charge is 0.348 e. The second-order valence-electron chi connectivity index (χ2n) is 8.24. The molecule has 0 fully saturated rings. The number of hydrogen-bond acceptors (Lipinski definition) is 3. The normalized spacial score (nSPS) is 12.3. The van der Waals surface area contributed by atoms with Gasteiger partial charge in [0.05, 0.1) is 16.6 Å². The van der Waals surface area contributed by atoms with Crippen molar-refractivity contribution in [2.75, 3.05) is 10.8 Å². The van der Waals surface area contributed by atoms with Crippen molar-refractivity contribution in [1.82, 2.24) is 5.32 Å². The first kappa shape index (κ1) is 23.5. The molecule has 3 aromatic carbocycles. The zero-order chi connectivity index (χ0) is 23.5. The van der Waals surface area contributed by atoms with E-state index < -0.39 is 10.0 Å². The minimum atomic E-state index is -3.91. The van der Waals surface area contributed by atoms with Crippen LogP contribution in [0.2, 0.25) is 0 Å². The molecule has 0 aliphatic heterocycles. The summed E-state index contributed by atoms with van der Waals surface area (Å²) < 4.78 is 27.9. The van der Waals surface area contributed by atoms with Crippen molar-refractivity contribution in [3.63, 3.8) is 0 Å². The van der Waals surface area contributed by atoms with Gasteiger partial charge in [0.25, 0.3) is 10.0 Å². The Hall–Kier alpha value is -3.12. The van der Waals surface area contributed by atoms with Crippen LogP contribution in [-0.2, 0) is 14.8 Å². The Kier molecular flexibility index (Phi) is 7.04. The van der Waals surface area contributed by atoms with Crippen LogP contribution < -0.4 is 9.62 Å². The van der Waals surface area contributed by atoms with Crippen molar-refractivity contribution in [1.29, 1.82) is 0 Å². The van der Waals surface area contributed by atoms with Gasteiger partial charge in [-0.15, -0.1) is 0 Å². The van der Waals surface area contributed by atoms with E-state index in [0.717, 1.165) is 26.6 Å². The summed E-state index contributed by atoms with van der Waals surface area (Å²) in [5.74, 6) is -0.366. The smallest absolute Gasteiger partial charge is 0.264 e. The van der Waals surface area contributed by atoms with Gasteiger partial charge in [0.2, 0.25) is 5.91 Å². The van der Waals surface area contributed by atoms with E-state index in [0.29, 0.717) is 5.69 Å². The van der Waals surface area contributed by atoms with Crippen molar-refractivity contribution in [3.05, 3.63) is 94.5 Å². The fourth-order valence-corrected chi connectivity index (χ4v) is 5.13. The van der Waals surface area contributed by atoms with Crippen LogP contribution in [0.3, 0.4) is 0 Å². The summed E-state index contributed by atoms with van der Waals surface area (Å²) in [5.41, 5.74) is 5.92. The summed E-state index contributed by atoms with van der Waals surface area (Å²) >= 11 is 0. The number of hydrogen-bond donors (Lipinski definition) is 1. The minimum absolute atomic E-state index is 0.145. The van der Waals surface area contributed by atoms with Crippen LogP contribution in [0.4, 0.5) is 5.69 Å². The van der Waals surface area contributed by atoms with Crippen molar-refractivity contribution in [2.45, 2.75) is 45.6 Å². The van der Waals surface area contributed by atoms with Gasteiger partial charge in [0, 0.05) is 0 Å².